The van der Waals surface area contributed by atoms with Crippen LogP contribution in [-0.4, -0.2) is 45.3 Å². The number of aromatic nitrogens is 1. The zero-order chi connectivity index (χ0) is 18.8. The highest BCUT2D eigenvalue weighted by atomic mass is 32.2. The SMILES string of the molecule is O=C(Nc1cccnc1)c1cccc(S(=O)(=O)N[C@@H]2CCS(=O)(=O)C2)c1. The predicted octanol–water partition coefficient (Wildman–Crippen LogP) is 0.799. The number of hydrogen-bond donors (Lipinski definition) is 2. The number of hydrogen-bond acceptors (Lipinski definition) is 6. The number of carbonyl (C=O) groups is 1. The minimum absolute atomic E-state index is 0.0340. The number of anilines is 1. The Morgan fingerprint density at radius 1 is 1.19 bits per heavy atom. The number of sulfone groups is 1. The van der Waals surface area contributed by atoms with Crippen LogP contribution in [0.25, 0.3) is 0 Å². The smallest absolute Gasteiger partial charge is 0.255 e. The third kappa shape index (κ3) is 4.45. The Hall–Kier alpha value is -2.30. The number of carbonyl (C=O) groups excluding carboxylic acids is 1. The molecule has 1 aliphatic rings. The Bertz CT molecular complexity index is 1020. The summed E-state index contributed by atoms with van der Waals surface area (Å²) in [7, 11) is -7.13. The number of amides is 1. The fourth-order valence-electron chi connectivity index (χ4n) is 2.62. The van der Waals surface area contributed by atoms with Crippen LogP contribution in [0, 0.1) is 0 Å². The normalized spacial score (nSPS) is 19.2. The lowest BCUT2D eigenvalue weighted by Gasteiger charge is -2.12. The van der Waals surface area contributed by atoms with Crippen molar-refractivity contribution in [3.05, 3.63) is 54.4 Å². The number of pyridine rings is 1. The van der Waals surface area contributed by atoms with Gasteiger partial charge in [-0.25, -0.2) is 21.6 Å². The van der Waals surface area contributed by atoms with Gasteiger partial charge in [0.1, 0.15) is 0 Å². The molecule has 0 radical (unpaired) electrons. The average Bonchev–Trinajstić information content (AvgIpc) is 2.93. The Kier molecular flexibility index (Phi) is 5.08. The summed E-state index contributed by atoms with van der Waals surface area (Å²) in [6.07, 6.45) is 3.28. The monoisotopic (exact) mass is 395 g/mol. The summed E-state index contributed by atoms with van der Waals surface area (Å²) in [6, 6.07) is 8.22. The van der Waals surface area contributed by atoms with E-state index in [1.54, 1.807) is 18.3 Å². The van der Waals surface area contributed by atoms with Crippen molar-refractivity contribution >= 4 is 31.5 Å². The zero-order valence-corrected chi connectivity index (χ0v) is 15.3. The van der Waals surface area contributed by atoms with Crippen molar-refractivity contribution in [2.24, 2.45) is 0 Å². The first-order valence-corrected chi connectivity index (χ1v) is 11.1. The third-order valence-electron chi connectivity index (χ3n) is 3.88. The molecule has 3 rings (SSSR count). The number of benzene rings is 1. The van der Waals surface area contributed by atoms with E-state index < -0.39 is 31.8 Å². The summed E-state index contributed by atoms with van der Waals surface area (Å²) in [5.74, 6) is -0.722. The molecule has 1 saturated heterocycles. The molecule has 1 aromatic heterocycles. The van der Waals surface area contributed by atoms with Gasteiger partial charge >= 0.3 is 0 Å². The lowest BCUT2D eigenvalue weighted by Crippen LogP contribution is -2.35. The maximum absolute atomic E-state index is 12.5. The van der Waals surface area contributed by atoms with Crippen molar-refractivity contribution in [3.63, 3.8) is 0 Å². The second kappa shape index (κ2) is 7.14. The van der Waals surface area contributed by atoms with Gasteiger partial charge in [0.05, 0.1) is 28.3 Å². The van der Waals surface area contributed by atoms with Crippen LogP contribution in [0.15, 0.2) is 53.7 Å². The topological polar surface area (TPSA) is 122 Å². The first kappa shape index (κ1) is 18.5. The number of rotatable bonds is 5. The van der Waals surface area contributed by atoms with Gasteiger partial charge in [-0.05, 0) is 36.8 Å². The third-order valence-corrected chi connectivity index (χ3v) is 7.17. The van der Waals surface area contributed by atoms with Crippen molar-refractivity contribution in [1.82, 2.24) is 9.71 Å². The molecule has 1 aromatic carbocycles. The Morgan fingerprint density at radius 2 is 2.00 bits per heavy atom. The molecule has 0 bridgehead atoms. The molecule has 1 amide bonds. The lowest BCUT2D eigenvalue weighted by molar-refractivity contribution is 0.102. The summed E-state index contributed by atoms with van der Waals surface area (Å²) in [6.45, 7) is 0. The molecule has 2 N–H and O–H groups in total. The van der Waals surface area contributed by atoms with Crippen molar-refractivity contribution in [3.8, 4) is 0 Å². The van der Waals surface area contributed by atoms with E-state index in [9.17, 15) is 21.6 Å². The minimum atomic E-state index is -3.93. The van der Waals surface area contributed by atoms with Crippen molar-refractivity contribution in [1.29, 1.82) is 0 Å². The van der Waals surface area contributed by atoms with Crippen molar-refractivity contribution in [2.45, 2.75) is 17.4 Å². The largest absolute Gasteiger partial charge is 0.321 e. The van der Waals surface area contributed by atoms with E-state index in [4.69, 9.17) is 0 Å². The molecule has 8 nitrogen and oxygen atoms in total. The second-order valence-electron chi connectivity index (χ2n) is 5.94. The summed E-state index contributed by atoms with van der Waals surface area (Å²) in [5.41, 5.74) is 0.649. The molecule has 0 saturated carbocycles. The highest BCUT2D eigenvalue weighted by Crippen LogP contribution is 2.17. The molecule has 1 atom stereocenters. The van der Waals surface area contributed by atoms with E-state index in [1.165, 1.54) is 30.5 Å². The van der Waals surface area contributed by atoms with E-state index >= 15 is 0 Å². The zero-order valence-electron chi connectivity index (χ0n) is 13.6. The molecule has 2 heterocycles. The minimum Gasteiger partial charge on any atom is -0.321 e. The Morgan fingerprint density at radius 3 is 2.65 bits per heavy atom. The maximum atomic E-state index is 12.5. The predicted molar refractivity (Wildman–Crippen MR) is 96.0 cm³/mol. The van der Waals surface area contributed by atoms with Crippen LogP contribution in [0.2, 0.25) is 0 Å². The van der Waals surface area contributed by atoms with Crippen LogP contribution < -0.4 is 10.0 Å². The van der Waals surface area contributed by atoms with E-state index in [0.717, 1.165) is 0 Å². The molecule has 26 heavy (non-hydrogen) atoms. The molecular formula is C16H17N3O5S2. The second-order valence-corrected chi connectivity index (χ2v) is 9.89. The summed E-state index contributed by atoms with van der Waals surface area (Å²) in [5, 5.41) is 2.62. The summed E-state index contributed by atoms with van der Waals surface area (Å²) < 4.78 is 50.3. The Balaban J connectivity index is 1.77. The highest BCUT2D eigenvalue weighted by Gasteiger charge is 2.31. The molecule has 0 spiro atoms. The highest BCUT2D eigenvalue weighted by molar-refractivity contribution is 7.92. The average molecular weight is 395 g/mol. The van der Waals surface area contributed by atoms with E-state index in [2.05, 4.69) is 15.0 Å². The van der Waals surface area contributed by atoms with Gasteiger partial charge in [0.25, 0.3) is 5.91 Å². The fraction of sp³-hybridized carbons (Fsp3) is 0.250. The van der Waals surface area contributed by atoms with Gasteiger partial charge in [-0.3, -0.25) is 9.78 Å². The molecule has 138 valence electrons. The van der Waals surface area contributed by atoms with Gasteiger partial charge in [0.2, 0.25) is 10.0 Å². The fourth-order valence-corrected chi connectivity index (χ4v) is 5.71. The quantitative estimate of drug-likeness (QED) is 0.772. The van der Waals surface area contributed by atoms with Crippen molar-refractivity contribution in [2.75, 3.05) is 16.8 Å². The van der Waals surface area contributed by atoms with Gasteiger partial charge in [0, 0.05) is 17.8 Å². The molecule has 0 unspecified atom stereocenters. The molecule has 1 fully saturated rings. The standard InChI is InChI=1S/C16H17N3O5S2/c20-16(18-13-4-2-7-17-10-13)12-3-1-5-15(9-12)26(23,24)19-14-6-8-25(21,22)11-14/h1-5,7,9-10,14,19H,6,8,11H2,(H,18,20)/t14-/m1/s1. The molecule has 0 aliphatic carbocycles. The maximum Gasteiger partial charge on any atom is 0.255 e. The van der Waals surface area contributed by atoms with Crippen LogP contribution in [0.4, 0.5) is 5.69 Å². The molecule has 10 heteroatoms. The first-order valence-electron chi connectivity index (χ1n) is 7.79. The Labute approximate surface area is 151 Å². The first-order chi connectivity index (χ1) is 12.3. The van der Waals surface area contributed by atoms with E-state index in [0.29, 0.717) is 5.69 Å². The van der Waals surface area contributed by atoms with E-state index in [-0.39, 0.29) is 28.4 Å². The van der Waals surface area contributed by atoms with Crippen LogP contribution in [0.1, 0.15) is 16.8 Å². The van der Waals surface area contributed by atoms with Crippen LogP contribution >= 0.6 is 0 Å². The van der Waals surface area contributed by atoms with Gasteiger partial charge in [-0.1, -0.05) is 6.07 Å². The number of nitrogens with one attached hydrogen (secondary N) is 2. The van der Waals surface area contributed by atoms with Gasteiger partial charge in [-0.2, -0.15) is 0 Å². The summed E-state index contributed by atoms with van der Waals surface area (Å²) >= 11 is 0. The molecule has 2 aromatic rings. The number of sulfonamides is 1. The number of nitrogens with zero attached hydrogens (tertiary/aromatic N) is 1. The molecule has 1 aliphatic heterocycles. The van der Waals surface area contributed by atoms with Crippen molar-refractivity contribution < 1.29 is 21.6 Å². The van der Waals surface area contributed by atoms with Crippen LogP contribution in [-0.2, 0) is 19.9 Å². The van der Waals surface area contributed by atoms with Gasteiger partial charge in [0.15, 0.2) is 9.84 Å². The van der Waals surface area contributed by atoms with Crippen LogP contribution in [0.5, 0.6) is 0 Å². The lowest BCUT2D eigenvalue weighted by atomic mass is 10.2. The molecular weight excluding hydrogens is 378 g/mol. The van der Waals surface area contributed by atoms with E-state index in [1.807, 2.05) is 0 Å². The van der Waals surface area contributed by atoms with Crippen LogP contribution in [0.3, 0.4) is 0 Å². The van der Waals surface area contributed by atoms with Gasteiger partial charge < -0.3 is 5.32 Å². The van der Waals surface area contributed by atoms with Gasteiger partial charge in [-0.15, -0.1) is 0 Å². The summed E-state index contributed by atoms with van der Waals surface area (Å²) in [4.78, 5) is 16.1.